The number of hydrogen-bond donors (Lipinski definition) is 1. The van der Waals surface area contributed by atoms with Gasteiger partial charge in [-0.3, -0.25) is 0 Å². The van der Waals surface area contributed by atoms with Gasteiger partial charge in [-0.05, 0) is 31.0 Å². The molecule has 90 valence electrons. The molecule has 1 aromatic carbocycles. The summed E-state index contributed by atoms with van der Waals surface area (Å²) in [7, 11) is 1.65. The number of ether oxygens (including phenoxy) is 1. The molecule has 0 atom stereocenters. The second-order valence-corrected chi connectivity index (χ2v) is 4.05. The van der Waals surface area contributed by atoms with Crippen molar-refractivity contribution < 1.29 is 9.26 Å². The lowest BCUT2D eigenvalue weighted by Gasteiger charge is -2.10. The maximum Gasteiger partial charge on any atom is 0.170 e. The number of nitrogens with zero attached hydrogens (tertiary/aromatic N) is 1. The molecular formula is C13H16N2O2. The summed E-state index contributed by atoms with van der Waals surface area (Å²) >= 11 is 0. The van der Waals surface area contributed by atoms with E-state index in [-0.39, 0.29) is 0 Å². The molecule has 0 radical (unpaired) electrons. The molecule has 0 saturated heterocycles. The molecule has 2 rings (SSSR count). The molecule has 0 spiro atoms. The Labute approximate surface area is 100 Å². The molecule has 0 unspecified atom stereocenters. The predicted octanol–water partition coefficient (Wildman–Crippen LogP) is 2.43. The average molecular weight is 232 g/mol. The molecule has 1 heterocycles. The molecule has 4 nitrogen and oxygen atoms in total. The van der Waals surface area contributed by atoms with Gasteiger partial charge in [-0.15, -0.1) is 0 Å². The van der Waals surface area contributed by atoms with Crippen molar-refractivity contribution in [1.29, 1.82) is 0 Å². The third-order valence-electron chi connectivity index (χ3n) is 2.66. The van der Waals surface area contributed by atoms with E-state index in [1.54, 1.807) is 7.11 Å². The zero-order valence-electron chi connectivity index (χ0n) is 10.3. The van der Waals surface area contributed by atoms with E-state index in [1.807, 2.05) is 26.0 Å². The summed E-state index contributed by atoms with van der Waals surface area (Å²) in [6, 6.07) is 5.94. The highest BCUT2D eigenvalue weighted by molar-refractivity contribution is 5.69. The van der Waals surface area contributed by atoms with Gasteiger partial charge < -0.3 is 15.0 Å². The van der Waals surface area contributed by atoms with E-state index in [1.165, 1.54) is 0 Å². The lowest BCUT2D eigenvalue weighted by atomic mass is 10.0. The van der Waals surface area contributed by atoms with Gasteiger partial charge in [-0.2, -0.15) is 0 Å². The Balaban J connectivity index is 2.57. The van der Waals surface area contributed by atoms with E-state index in [4.69, 9.17) is 15.0 Å². The third kappa shape index (κ3) is 2.17. The van der Waals surface area contributed by atoms with Crippen LogP contribution in [0.1, 0.15) is 16.8 Å². The van der Waals surface area contributed by atoms with E-state index in [9.17, 15) is 0 Å². The highest BCUT2D eigenvalue weighted by Crippen LogP contribution is 2.34. The van der Waals surface area contributed by atoms with Gasteiger partial charge in [0.2, 0.25) is 0 Å². The lowest BCUT2D eigenvalue weighted by molar-refractivity contribution is 0.401. The van der Waals surface area contributed by atoms with Crippen LogP contribution in [-0.2, 0) is 6.54 Å². The molecule has 4 heteroatoms. The summed E-state index contributed by atoms with van der Waals surface area (Å²) in [6.45, 7) is 4.42. The fraction of sp³-hybridized carbons (Fsp3) is 0.308. The quantitative estimate of drug-likeness (QED) is 0.882. The van der Waals surface area contributed by atoms with Crippen LogP contribution < -0.4 is 10.5 Å². The van der Waals surface area contributed by atoms with Gasteiger partial charge in [-0.25, -0.2) is 0 Å². The Morgan fingerprint density at radius 2 is 2.06 bits per heavy atom. The zero-order valence-corrected chi connectivity index (χ0v) is 10.3. The molecule has 0 aliphatic carbocycles. The van der Waals surface area contributed by atoms with Crippen molar-refractivity contribution in [3.63, 3.8) is 0 Å². The van der Waals surface area contributed by atoms with Crippen LogP contribution in [0.5, 0.6) is 5.75 Å². The molecule has 0 amide bonds. The Morgan fingerprint density at radius 3 is 2.65 bits per heavy atom. The molecule has 0 aliphatic heterocycles. The van der Waals surface area contributed by atoms with Crippen molar-refractivity contribution >= 4 is 0 Å². The van der Waals surface area contributed by atoms with Crippen molar-refractivity contribution in [3.8, 4) is 17.1 Å². The Kier molecular flexibility index (Phi) is 3.15. The van der Waals surface area contributed by atoms with Gasteiger partial charge in [0.05, 0.1) is 18.4 Å². The smallest absolute Gasteiger partial charge is 0.170 e. The van der Waals surface area contributed by atoms with Gasteiger partial charge in [0.1, 0.15) is 5.75 Å². The lowest BCUT2D eigenvalue weighted by Crippen LogP contribution is -1.95. The van der Waals surface area contributed by atoms with Crippen molar-refractivity contribution in [3.05, 3.63) is 35.0 Å². The van der Waals surface area contributed by atoms with Crippen LogP contribution in [0.3, 0.4) is 0 Å². The first-order valence-corrected chi connectivity index (χ1v) is 5.47. The number of aryl methyl sites for hydroxylation is 2. The fourth-order valence-electron chi connectivity index (χ4n) is 1.94. The second-order valence-electron chi connectivity index (χ2n) is 4.05. The highest BCUT2D eigenvalue weighted by Gasteiger charge is 2.14. The minimum atomic E-state index is 0.372. The highest BCUT2D eigenvalue weighted by atomic mass is 16.5. The summed E-state index contributed by atoms with van der Waals surface area (Å²) in [5.74, 6) is 1.50. The van der Waals surface area contributed by atoms with Gasteiger partial charge in [0, 0.05) is 12.6 Å². The number of hydrogen-bond acceptors (Lipinski definition) is 4. The first kappa shape index (κ1) is 11.7. The molecule has 0 fully saturated rings. The number of rotatable bonds is 3. The average Bonchev–Trinajstić information content (AvgIpc) is 2.76. The predicted molar refractivity (Wildman–Crippen MR) is 65.9 cm³/mol. The largest absolute Gasteiger partial charge is 0.496 e. The molecule has 2 aromatic rings. The van der Waals surface area contributed by atoms with Gasteiger partial charge in [-0.1, -0.05) is 11.2 Å². The van der Waals surface area contributed by atoms with Crippen molar-refractivity contribution in [2.75, 3.05) is 7.11 Å². The first-order valence-electron chi connectivity index (χ1n) is 5.47. The summed E-state index contributed by atoms with van der Waals surface area (Å²) in [6.07, 6.45) is 0. The topological polar surface area (TPSA) is 61.3 Å². The minimum absolute atomic E-state index is 0.372. The monoisotopic (exact) mass is 232 g/mol. The molecule has 0 aliphatic rings. The normalized spacial score (nSPS) is 10.6. The summed E-state index contributed by atoms with van der Waals surface area (Å²) < 4.78 is 10.7. The van der Waals surface area contributed by atoms with E-state index in [0.717, 1.165) is 28.1 Å². The van der Waals surface area contributed by atoms with E-state index in [0.29, 0.717) is 12.3 Å². The standard InChI is InChI=1S/C13H16N2O2/c1-8-4-9(2)13(16-3)11(5-8)12-6-10(7-14)15-17-12/h4-6H,7,14H2,1-3H3. The maximum absolute atomic E-state index is 5.52. The Hall–Kier alpha value is -1.81. The molecule has 17 heavy (non-hydrogen) atoms. The van der Waals surface area contributed by atoms with Gasteiger partial charge in [0.25, 0.3) is 0 Å². The third-order valence-corrected chi connectivity index (χ3v) is 2.66. The van der Waals surface area contributed by atoms with Crippen LogP contribution in [0.25, 0.3) is 11.3 Å². The summed E-state index contributed by atoms with van der Waals surface area (Å²) in [4.78, 5) is 0. The first-order chi connectivity index (χ1) is 8.15. The zero-order chi connectivity index (χ0) is 12.4. The molecule has 0 saturated carbocycles. The van der Waals surface area contributed by atoms with Crippen molar-refractivity contribution in [2.45, 2.75) is 20.4 Å². The molecule has 2 N–H and O–H groups in total. The Bertz CT molecular complexity index is 532. The maximum atomic E-state index is 5.52. The SMILES string of the molecule is COc1c(C)cc(C)cc1-c1cc(CN)no1. The van der Waals surface area contributed by atoms with Gasteiger partial charge >= 0.3 is 0 Å². The van der Waals surface area contributed by atoms with Crippen LogP contribution in [-0.4, -0.2) is 12.3 Å². The van der Waals surface area contributed by atoms with E-state index in [2.05, 4.69) is 11.2 Å². The van der Waals surface area contributed by atoms with Crippen LogP contribution in [0.2, 0.25) is 0 Å². The minimum Gasteiger partial charge on any atom is -0.496 e. The van der Waals surface area contributed by atoms with E-state index < -0.39 is 0 Å². The Morgan fingerprint density at radius 1 is 1.29 bits per heavy atom. The van der Waals surface area contributed by atoms with Gasteiger partial charge in [0.15, 0.2) is 5.76 Å². The number of nitrogens with two attached hydrogens (primary N) is 1. The second kappa shape index (κ2) is 4.59. The molecule has 0 bridgehead atoms. The van der Waals surface area contributed by atoms with Crippen LogP contribution in [0.4, 0.5) is 0 Å². The van der Waals surface area contributed by atoms with Crippen LogP contribution >= 0.6 is 0 Å². The fourth-order valence-corrected chi connectivity index (χ4v) is 1.94. The molecular weight excluding hydrogens is 216 g/mol. The number of benzene rings is 1. The van der Waals surface area contributed by atoms with Crippen LogP contribution in [0.15, 0.2) is 22.7 Å². The summed E-state index contributed by atoms with van der Waals surface area (Å²) in [5.41, 5.74) is 9.40. The van der Waals surface area contributed by atoms with Crippen LogP contribution in [0, 0.1) is 13.8 Å². The van der Waals surface area contributed by atoms with Crippen molar-refractivity contribution in [2.24, 2.45) is 5.73 Å². The van der Waals surface area contributed by atoms with Crippen molar-refractivity contribution in [1.82, 2.24) is 5.16 Å². The molecule has 1 aromatic heterocycles. The van der Waals surface area contributed by atoms with E-state index >= 15 is 0 Å². The number of methoxy groups -OCH3 is 1. The number of aromatic nitrogens is 1. The summed E-state index contributed by atoms with van der Waals surface area (Å²) in [5, 5.41) is 3.89.